The van der Waals surface area contributed by atoms with Crippen LogP contribution in [0.25, 0.3) is 0 Å². The number of hydrogen-bond donors (Lipinski definition) is 5. The van der Waals surface area contributed by atoms with E-state index >= 15 is 0 Å². The van der Waals surface area contributed by atoms with E-state index < -0.39 is 50.2 Å². The summed E-state index contributed by atoms with van der Waals surface area (Å²) in [6.45, 7) is 4.24. The van der Waals surface area contributed by atoms with Gasteiger partial charge in [-0.15, -0.1) is 0 Å². The molecule has 0 aromatic rings. The van der Waals surface area contributed by atoms with Crippen LogP contribution in [0.2, 0.25) is 0 Å². The van der Waals surface area contributed by atoms with Gasteiger partial charge in [0, 0.05) is 5.41 Å². The first-order valence-electron chi connectivity index (χ1n) is 6.87. The van der Waals surface area contributed by atoms with Crippen LogP contribution < -0.4 is 5.32 Å². The van der Waals surface area contributed by atoms with Crippen molar-refractivity contribution < 1.29 is 34.5 Å². The zero-order valence-electron chi connectivity index (χ0n) is 12.5. The van der Waals surface area contributed by atoms with Crippen molar-refractivity contribution in [3.8, 4) is 0 Å². The van der Waals surface area contributed by atoms with Crippen molar-refractivity contribution >= 4 is 13.0 Å². The molecule has 1 aliphatic rings. The van der Waals surface area contributed by atoms with Crippen molar-refractivity contribution in [2.75, 3.05) is 19.7 Å². The summed E-state index contributed by atoms with van der Waals surface area (Å²) in [4.78, 5) is 11.7. The molecule has 1 rings (SSSR count). The van der Waals surface area contributed by atoms with Gasteiger partial charge in [0.25, 0.3) is 0 Å². The molecule has 0 saturated carbocycles. The van der Waals surface area contributed by atoms with Crippen molar-refractivity contribution in [3.05, 3.63) is 0 Å². The maximum absolute atomic E-state index is 11.7. The number of nitrogens with one attached hydrogen (secondary N) is 1. The Kier molecular flexibility index (Phi) is 6.57. The molecule has 0 aliphatic carbocycles. The van der Waals surface area contributed by atoms with Crippen LogP contribution in [0.4, 0.5) is 0 Å². The summed E-state index contributed by atoms with van der Waals surface area (Å²) >= 11 is 0. The minimum absolute atomic E-state index is 0.0606. The van der Waals surface area contributed by atoms with Gasteiger partial charge in [-0.3, -0.25) is 4.79 Å². The Morgan fingerprint density at radius 1 is 1.29 bits per heavy atom. The summed E-state index contributed by atoms with van der Waals surface area (Å²) in [5, 5.41) is 39.9. The molecule has 5 N–H and O–H groups in total. The molecule has 1 amide bonds. The molecule has 0 aromatic heterocycles. The van der Waals surface area contributed by atoms with Crippen molar-refractivity contribution in [2.45, 2.75) is 45.2 Å². The number of amides is 1. The fourth-order valence-electron chi connectivity index (χ4n) is 1.88. The van der Waals surface area contributed by atoms with Gasteiger partial charge in [0.1, 0.15) is 12.2 Å². The minimum Gasteiger partial charge on any atom is -0.402 e. The highest BCUT2D eigenvalue weighted by atomic mass is 16.7. The van der Waals surface area contributed by atoms with Gasteiger partial charge in [-0.1, -0.05) is 20.8 Å². The number of aliphatic hydroxyl groups is 4. The second kappa shape index (κ2) is 7.53. The maximum Gasteiger partial charge on any atom is 0.478 e. The first kappa shape index (κ1) is 18.3. The maximum atomic E-state index is 11.7. The summed E-state index contributed by atoms with van der Waals surface area (Å²) in [6.07, 6.45) is -4.54. The molecule has 1 aliphatic heterocycles. The van der Waals surface area contributed by atoms with Gasteiger partial charge in [0.05, 0.1) is 31.9 Å². The Morgan fingerprint density at radius 3 is 2.38 bits per heavy atom. The monoisotopic (exact) mass is 305 g/mol. The van der Waals surface area contributed by atoms with E-state index in [4.69, 9.17) is 14.4 Å². The van der Waals surface area contributed by atoms with Crippen LogP contribution in [0.5, 0.6) is 0 Å². The molecular formula is C12H24BNO7. The summed E-state index contributed by atoms with van der Waals surface area (Å²) in [6, 6.07) is 0. The average molecular weight is 305 g/mol. The van der Waals surface area contributed by atoms with Crippen LogP contribution in [0.1, 0.15) is 20.8 Å². The Labute approximate surface area is 124 Å². The second-order valence-corrected chi connectivity index (χ2v) is 6.09. The van der Waals surface area contributed by atoms with Gasteiger partial charge in [-0.05, 0) is 0 Å². The second-order valence-electron chi connectivity index (χ2n) is 6.09. The van der Waals surface area contributed by atoms with Gasteiger partial charge in [0.15, 0.2) is 0 Å². The number of hydrogen-bond acceptors (Lipinski definition) is 7. The zero-order valence-corrected chi connectivity index (χ0v) is 12.5. The lowest BCUT2D eigenvalue weighted by atomic mass is 9.89. The Morgan fingerprint density at radius 2 is 1.90 bits per heavy atom. The Balaban J connectivity index is 2.55. The topological polar surface area (TPSA) is 128 Å². The Bertz CT molecular complexity index is 349. The van der Waals surface area contributed by atoms with Crippen LogP contribution in [0, 0.1) is 5.41 Å². The molecular weight excluding hydrogens is 281 g/mol. The van der Waals surface area contributed by atoms with E-state index in [0.717, 1.165) is 0 Å². The lowest BCUT2D eigenvalue weighted by Gasteiger charge is -2.25. The quantitative estimate of drug-likeness (QED) is 0.348. The summed E-state index contributed by atoms with van der Waals surface area (Å²) < 4.78 is 10.8. The third-order valence-corrected chi connectivity index (χ3v) is 3.21. The van der Waals surface area contributed by atoms with E-state index in [0.29, 0.717) is 0 Å². The molecule has 0 radical (unpaired) electrons. The lowest BCUT2D eigenvalue weighted by molar-refractivity contribution is -0.128. The van der Waals surface area contributed by atoms with Crippen molar-refractivity contribution in [1.29, 1.82) is 0 Å². The van der Waals surface area contributed by atoms with Gasteiger partial charge in [-0.2, -0.15) is 0 Å². The molecule has 4 atom stereocenters. The van der Waals surface area contributed by atoms with Crippen LogP contribution >= 0.6 is 0 Å². The zero-order chi connectivity index (χ0) is 16.2. The summed E-state index contributed by atoms with van der Waals surface area (Å²) in [5.41, 5.74) is -0.555. The molecule has 21 heavy (non-hydrogen) atoms. The van der Waals surface area contributed by atoms with Crippen molar-refractivity contribution in [3.63, 3.8) is 0 Å². The van der Waals surface area contributed by atoms with E-state index in [-0.39, 0.29) is 12.4 Å². The van der Waals surface area contributed by atoms with Crippen LogP contribution in [0.3, 0.4) is 0 Å². The standard InChI is InChI=1S/C12H24BNO7/c1-12(2,3)11(19)14-6-13-20-8(5-16)10(21-13)9(18)7(17)4-15/h7-10,15-18H,4-6H2,1-3H3,(H,14,19). The molecule has 1 fully saturated rings. The number of carbonyl (C=O) groups excluding carboxylic acids is 1. The normalized spacial score (nSPS) is 25.8. The van der Waals surface area contributed by atoms with E-state index in [2.05, 4.69) is 5.32 Å². The van der Waals surface area contributed by atoms with Crippen LogP contribution in [-0.2, 0) is 14.1 Å². The molecule has 1 heterocycles. The fourth-order valence-corrected chi connectivity index (χ4v) is 1.88. The number of rotatable bonds is 6. The molecule has 1 saturated heterocycles. The van der Waals surface area contributed by atoms with Gasteiger partial charge in [0.2, 0.25) is 5.91 Å². The van der Waals surface area contributed by atoms with Crippen LogP contribution in [-0.4, -0.2) is 77.5 Å². The predicted octanol–water partition coefficient (Wildman–Crippen LogP) is -2.33. The van der Waals surface area contributed by atoms with Crippen molar-refractivity contribution in [1.82, 2.24) is 5.32 Å². The molecule has 0 spiro atoms. The van der Waals surface area contributed by atoms with Crippen molar-refractivity contribution in [2.24, 2.45) is 5.41 Å². The first-order valence-corrected chi connectivity index (χ1v) is 6.87. The number of carbonyl (C=O) groups is 1. The first-order chi connectivity index (χ1) is 9.70. The van der Waals surface area contributed by atoms with Crippen LogP contribution in [0.15, 0.2) is 0 Å². The highest BCUT2D eigenvalue weighted by molar-refractivity contribution is 6.45. The lowest BCUT2D eigenvalue weighted by Crippen LogP contribution is -2.46. The molecule has 0 bridgehead atoms. The molecule has 9 heteroatoms. The van der Waals surface area contributed by atoms with E-state index in [1.54, 1.807) is 20.8 Å². The molecule has 0 aromatic carbocycles. The summed E-state index contributed by atoms with van der Waals surface area (Å²) in [5.74, 6) is -0.186. The third kappa shape index (κ3) is 4.91. The van der Waals surface area contributed by atoms with E-state index in [9.17, 15) is 20.1 Å². The Hall–Kier alpha value is -0.705. The minimum atomic E-state index is -1.39. The van der Waals surface area contributed by atoms with Gasteiger partial charge < -0.3 is 35.1 Å². The number of aliphatic hydroxyl groups excluding tert-OH is 4. The van der Waals surface area contributed by atoms with E-state index in [1.807, 2.05) is 0 Å². The fraction of sp³-hybridized carbons (Fsp3) is 0.917. The summed E-state index contributed by atoms with van der Waals surface area (Å²) in [7, 11) is -0.834. The predicted molar refractivity (Wildman–Crippen MR) is 74.1 cm³/mol. The molecule has 4 unspecified atom stereocenters. The largest absolute Gasteiger partial charge is 0.478 e. The van der Waals surface area contributed by atoms with E-state index in [1.165, 1.54) is 0 Å². The highest BCUT2D eigenvalue weighted by Gasteiger charge is 2.45. The highest BCUT2D eigenvalue weighted by Crippen LogP contribution is 2.21. The van der Waals surface area contributed by atoms with Gasteiger partial charge in [-0.25, -0.2) is 0 Å². The molecule has 122 valence electrons. The molecule has 8 nitrogen and oxygen atoms in total. The smallest absolute Gasteiger partial charge is 0.402 e. The third-order valence-electron chi connectivity index (χ3n) is 3.21. The SMILES string of the molecule is CC(C)(C)C(=O)NCB1OC(CO)C(C(O)C(O)CO)O1. The van der Waals surface area contributed by atoms with Gasteiger partial charge >= 0.3 is 7.12 Å². The average Bonchev–Trinajstić information content (AvgIpc) is 2.85.